The lowest BCUT2D eigenvalue weighted by Crippen LogP contribution is -2.42. The average molecular weight is 557 g/mol. The van der Waals surface area contributed by atoms with E-state index in [1.807, 2.05) is 42.5 Å². The molecule has 1 aromatic heterocycles. The van der Waals surface area contributed by atoms with Crippen molar-refractivity contribution in [3.05, 3.63) is 89.5 Å². The molecule has 2 atom stereocenters. The third kappa shape index (κ3) is 5.51. The van der Waals surface area contributed by atoms with E-state index in [0.717, 1.165) is 17.8 Å². The maximum Gasteiger partial charge on any atom is 0.235 e. The summed E-state index contributed by atoms with van der Waals surface area (Å²) in [5, 5.41) is 11.4. The van der Waals surface area contributed by atoms with Crippen LogP contribution in [0, 0.1) is 0 Å². The number of anilines is 1. The molecule has 7 nitrogen and oxygen atoms in total. The first kappa shape index (κ1) is 26.6. The SMILES string of the molecule is CC1CCCC(C)N1Cc1ccc(N=C(c2ccccc2)c2c(O)[nH]c3ccc(NS(=O)(=O)C4CC4)cc23)cc1. The van der Waals surface area contributed by atoms with Crippen molar-refractivity contribution in [2.45, 2.75) is 69.8 Å². The predicted octanol–water partition coefficient (Wildman–Crippen LogP) is 6.71. The summed E-state index contributed by atoms with van der Waals surface area (Å²) in [4.78, 5) is 10.6. The molecule has 6 rings (SSSR count). The van der Waals surface area contributed by atoms with E-state index >= 15 is 0 Å². The monoisotopic (exact) mass is 556 g/mol. The minimum absolute atomic E-state index is 0.00973. The molecule has 0 spiro atoms. The van der Waals surface area contributed by atoms with Crippen molar-refractivity contribution >= 4 is 38.0 Å². The van der Waals surface area contributed by atoms with Crippen molar-refractivity contribution in [3.8, 4) is 5.88 Å². The number of nitrogens with zero attached hydrogens (tertiary/aromatic N) is 2. The van der Waals surface area contributed by atoms with E-state index in [9.17, 15) is 13.5 Å². The summed E-state index contributed by atoms with van der Waals surface area (Å²) < 4.78 is 27.9. The molecule has 4 aromatic rings. The number of sulfonamides is 1. The van der Waals surface area contributed by atoms with Crippen LogP contribution in [0.15, 0.2) is 77.8 Å². The summed E-state index contributed by atoms with van der Waals surface area (Å²) in [6.45, 7) is 5.55. The molecule has 2 aliphatic rings. The number of fused-ring (bicyclic) bond motifs is 1. The highest BCUT2D eigenvalue weighted by atomic mass is 32.2. The van der Waals surface area contributed by atoms with E-state index in [1.54, 1.807) is 18.2 Å². The van der Waals surface area contributed by atoms with E-state index in [-0.39, 0.29) is 11.1 Å². The molecule has 8 heteroatoms. The number of aromatic nitrogens is 1. The number of hydrogen-bond acceptors (Lipinski definition) is 5. The molecule has 3 aromatic carbocycles. The molecule has 3 N–H and O–H groups in total. The first-order valence-corrected chi connectivity index (χ1v) is 15.7. The summed E-state index contributed by atoms with van der Waals surface area (Å²) in [7, 11) is -3.41. The Bertz CT molecular complexity index is 1630. The summed E-state index contributed by atoms with van der Waals surface area (Å²) in [5.41, 5.74) is 5.20. The molecule has 2 heterocycles. The molecule has 2 fully saturated rings. The van der Waals surface area contributed by atoms with Crippen LogP contribution < -0.4 is 4.72 Å². The zero-order valence-electron chi connectivity index (χ0n) is 23.0. The molecular formula is C32H36N4O3S. The van der Waals surface area contributed by atoms with E-state index in [2.05, 4.69) is 40.6 Å². The number of piperidine rings is 1. The minimum Gasteiger partial charge on any atom is -0.494 e. The zero-order chi connectivity index (χ0) is 27.9. The lowest BCUT2D eigenvalue weighted by atomic mass is 9.96. The van der Waals surface area contributed by atoms with Crippen LogP contribution in [-0.2, 0) is 16.6 Å². The van der Waals surface area contributed by atoms with Gasteiger partial charge in [-0.2, -0.15) is 0 Å². The van der Waals surface area contributed by atoms with Gasteiger partial charge in [0.25, 0.3) is 0 Å². The van der Waals surface area contributed by atoms with Crippen LogP contribution in [0.3, 0.4) is 0 Å². The zero-order valence-corrected chi connectivity index (χ0v) is 23.8. The standard InChI is InChI=1S/C32H36N4O3S/c1-21-7-6-8-22(2)36(21)20-23-11-13-25(14-12-23)33-31(24-9-4-3-5-10-24)30-28-19-26(15-18-29(28)34-32(30)37)35-40(38,39)27-16-17-27/h3-5,9-15,18-19,21-22,27,34-35,37H,6-8,16-17,20H2,1-2H3. The number of aliphatic imine (C=N–C) groups is 1. The second kappa shape index (κ2) is 10.7. The fourth-order valence-corrected chi connectivity index (χ4v) is 7.15. The molecule has 1 saturated carbocycles. The molecule has 208 valence electrons. The molecule has 1 aliphatic carbocycles. The van der Waals surface area contributed by atoms with Gasteiger partial charge in [0, 0.05) is 40.8 Å². The second-order valence-corrected chi connectivity index (χ2v) is 13.2. The second-order valence-electron chi connectivity index (χ2n) is 11.2. The fraction of sp³-hybridized carbons (Fsp3) is 0.344. The van der Waals surface area contributed by atoms with Crippen LogP contribution in [0.2, 0.25) is 0 Å². The van der Waals surface area contributed by atoms with E-state index in [4.69, 9.17) is 4.99 Å². The number of hydrogen-bond donors (Lipinski definition) is 3. The normalized spacial score (nSPS) is 20.6. The Balaban J connectivity index is 1.37. The molecular weight excluding hydrogens is 520 g/mol. The highest BCUT2D eigenvalue weighted by Gasteiger charge is 2.35. The molecule has 0 amide bonds. The fourth-order valence-electron chi connectivity index (χ4n) is 5.77. The van der Waals surface area contributed by atoms with Crippen molar-refractivity contribution in [3.63, 3.8) is 0 Å². The lowest BCUT2D eigenvalue weighted by Gasteiger charge is -2.39. The van der Waals surface area contributed by atoms with Crippen molar-refractivity contribution in [1.82, 2.24) is 9.88 Å². The van der Waals surface area contributed by atoms with Gasteiger partial charge in [-0.15, -0.1) is 0 Å². The van der Waals surface area contributed by atoms with Gasteiger partial charge in [0.2, 0.25) is 10.0 Å². The Morgan fingerprint density at radius 3 is 2.35 bits per heavy atom. The molecule has 1 saturated heterocycles. The van der Waals surface area contributed by atoms with Gasteiger partial charge in [-0.25, -0.2) is 13.4 Å². The number of H-pyrrole nitrogens is 1. The third-order valence-corrected chi connectivity index (χ3v) is 10.1. The van der Waals surface area contributed by atoms with Crippen LogP contribution >= 0.6 is 0 Å². The Hall–Kier alpha value is -3.62. The third-order valence-electron chi connectivity index (χ3n) is 8.20. The van der Waals surface area contributed by atoms with Crippen LogP contribution in [0.5, 0.6) is 5.88 Å². The molecule has 1 aliphatic heterocycles. The maximum absolute atomic E-state index is 12.6. The number of rotatable bonds is 8. The van der Waals surface area contributed by atoms with Crippen LogP contribution in [0.4, 0.5) is 11.4 Å². The first-order valence-electron chi connectivity index (χ1n) is 14.1. The number of benzene rings is 3. The van der Waals surface area contributed by atoms with Crippen LogP contribution in [-0.4, -0.2) is 46.5 Å². The summed E-state index contributed by atoms with van der Waals surface area (Å²) in [5.74, 6) is -0.00973. The Labute approximate surface area is 236 Å². The number of nitrogens with one attached hydrogen (secondary N) is 2. The molecule has 0 bridgehead atoms. The topological polar surface area (TPSA) is 97.8 Å². The van der Waals surface area contributed by atoms with Gasteiger partial charge in [-0.05, 0) is 75.4 Å². The number of likely N-dealkylation sites (tertiary alicyclic amines) is 1. The van der Waals surface area contributed by atoms with Gasteiger partial charge in [0.15, 0.2) is 5.88 Å². The number of aromatic hydroxyl groups is 1. The quantitative estimate of drug-likeness (QED) is 0.210. The van der Waals surface area contributed by atoms with Crippen molar-refractivity contribution in [1.29, 1.82) is 0 Å². The Morgan fingerprint density at radius 2 is 1.68 bits per heavy atom. The molecule has 40 heavy (non-hydrogen) atoms. The van der Waals surface area contributed by atoms with Gasteiger partial charge in [0.05, 0.1) is 22.2 Å². The predicted molar refractivity (Wildman–Crippen MR) is 162 cm³/mol. The van der Waals surface area contributed by atoms with Crippen molar-refractivity contribution < 1.29 is 13.5 Å². The van der Waals surface area contributed by atoms with Gasteiger partial charge in [0.1, 0.15) is 0 Å². The van der Waals surface area contributed by atoms with Crippen LogP contribution in [0.1, 0.15) is 62.6 Å². The van der Waals surface area contributed by atoms with E-state index in [1.165, 1.54) is 24.8 Å². The van der Waals surface area contributed by atoms with Crippen LogP contribution in [0.25, 0.3) is 10.9 Å². The van der Waals surface area contributed by atoms with E-state index in [0.29, 0.717) is 52.8 Å². The van der Waals surface area contributed by atoms with Crippen molar-refractivity contribution in [2.24, 2.45) is 4.99 Å². The minimum atomic E-state index is -3.41. The Morgan fingerprint density at radius 1 is 0.975 bits per heavy atom. The molecule has 0 radical (unpaired) electrons. The van der Waals surface area contributed by atoms with Gasteiger partial charge in [-0.3, -0.25) is 9.62 Å². The Kier molecular flexibility index (Phi) is 7.15. The first-order chi connectivity index (χ1) is 19.3. The van der Waals surface area contributed by atoms with Gasteiger partial charge < -0.3 is 10.1 Å². The number of aromatic amines is 1. The smallest absolute Gasteiger partial charge is 0.235 e. The summed E-state index contributed by atoms with van der Waals surface area (Å²) in [6.07, 6.45) is 5.15. The maximum atomic E-state index is 12.6. The lowest BCUT2D eigenvalue weighted by molar-refractivity contribution is 0.0953. The van der Waals surface area contributed by atoms with Gasteiger partial charge >= 0.3 is 0 Å². The summed E-state index contributed by atoms with van der Waals surface area (Å²) >= 11 is 0. The van der Waals surface area contributed by atoms with Crippen molar-refractivity contribution in [2.75, 3.05) is 4.72 Å². The highest BCUT2D eigenvalue weighted by molar-refractivity contribution is 7.93. The average Bonchev–Trinajstić information content (AvgIpc) is 3.75. The molecule has 2 unspecified atom stereocenters. The highest BCUT2D eigenvalue weighted by Crippen LogP contribution is 2.35. The largest absolute Gasteiger partial charge is 0.494 e. The summed E-state index contributed by atoms with van der Waals surface area (Å²) in [6, 6.07) is 24.5. The van der Waals surface area contributed by atoms with E-state index < -0.39 is 10.0 Å². The van der Waals surface area contributed by atoms with Gasteiger partial charge in [-0.1, -0.05) is 48.9 Å².